The summed E-state index contributed by atoms with van der Waals surface area (Å²) in [6.45, 7) is 4.05. The molecule has 0 rings (SSSR count). The number of hydrogen-bond acceptors (Lipinski definition) is 2. The summed E-state index contributed by atoms with van der Waals surface area (Å²) >= 11 is 0. The first-order valence-corrected chi connectivity index (χ1v) is 6.68. The highest BCUT2D eigenvalue weighted by Crippen LogP contribution is 2.14. The summed E-state index contributed by atoms with van der Waals surface area (Å²) < 4.78 is 0. The van der Waals surface area contributed by atoms with Crippen LogP contribution in [-0.4, -0.2) is 5.78 Å². The maximum absolute atomic E-state index is 11.3. The molecule has 0 spiro atoms. The van der Waals surface area contributed by atoms with Crippen LogP contribution in [0, 0.1) is 17.2 Å². The molecule has 0 N–H and O–H groups in total. The molecule has 0 aromatic rings. The SMILES string of the molecule is CCCCCCCCCC(C#N)C(=O)CC. The number of unbranched alkanes of at least 4 members (excludes halogenated alkanes) is 6. The first kappa shape index (κ1) is 15.2. The maximum atomic E-state index is 11.3. The van der Waals surface area contributed by atoms with Gasteiger partial charge in [0.05, 0.1) is 6.07 Å². The Labute approximate surface area is 100 Å². The number of ketones is 1. The number of rotatable bonds is 10. The molecule has 0 heterocycles. The van der Waals surface area contributed by atoms with Crippen molar-refractivity contribution in [1.29, 1.82) is 5.26 Å². The first-order chi connectivity index (χ1) is 7.76. The molecule has 1 atom stereocenters. The van der Waals surface area contributed by atoms with E-state index in [4.69, 9.17) is 5.26 Å². The Bertz CT molecular complexity index is 217. The predicted molar refractivity (Wildman–Crippen MR) is 67.0 cm³/mol. The lowest BCUT2D eigenvalue weighted by molar-refractivity contribution is -0.121. The molecule has 0 saturated heterocycles. The van der Waals surface area contributed by atoms with E-state index in [9.17, 15) is 4.79 Å². The van der Waals surface area contributed by atoms with E-state index >= 15 is 0 Å². The molecule has 0 aromatic heterocycles. The van der Waals surface area contributed by atoms with Crippen LogP contribution in [0.25, 0.3) is 0 Å². The Hall–Kier alpha value is -0.840. The van der Waals surface area contributed by atoms with Gasteiger partial charge in [0.15, 0.2) is 0 Å². The molecule has 0 amide bonds. The van der Waals surface area contributed by atoms with E-state index in [0.717, 1.165) is 12.8 Å². The van der Waals surface area contributed by atoms with Crippen molar-refractivity contribution in [3.8, 4) is 6.07 Å². The van der Waals surface area contributed by atoms with Gasteiger partial charge in [0.1, 0.15) is 11.7 Å². The van der Waals surface area contributed by atoms with Crippen LogP contribution in [-0.2, 0) is 4.79 Å². The molecule has 0 radical (unpaired) electrons. The Morgan fingerprint density at radius 3 is 2.12 bits per heavy atom. The summed E-state index contributed by atoms with van der Waals surface area (Å²) in [4.78, 5) is 11.3. The average Bonchev–Trinajstić information content (AvgIpc) is 2.32. The van der Waals surface area contributed by atoms with Crippen molar-refractivity contribution in [2.45, 2.75) is 71.6 Å². The minimum atomic E-state index is -0.347. The molecule has 2 heteroatoms. The van der Waals surface area contributed by atoms with E-state index in [-0.39, 0.29) is 11.7 Å². The zero-order valence-electron chi connectivity index (χ0n) is 10.8. The van der Waals surface area contributed by atoms with E-state index in [1.165, 1.54) is 38.5 Å². The molecule has 0 bridgehead atoms. The van der Waals surface area contributed by atoms with Crippen molar-refractivity contribution in [2.24, 2.45) is 5.92 Å². The second-order valence-corrected chi connectivity index (χ2v) is 4.41. The van der Waals surface area contributed by atoms with Crippen LogP contribution in [0.1, 0.15) is 71.6 Å². The fraction of sp³-hybridized carbons (Fsp3) is 0.857. The van der Waals surface area contributed by atoms with Gasteiger partial charge in [-0.25, -0.2) is 0 Å². The number of carbonyl (C=O) groups is 1. The molecule has 0 aromatic carbocycles. The minimum absolute atomic E-state index is 0.105. The Kier molecular flexibility index (Phi) is 10.1. The second kappa shape index (κ2) is 10.7. The van der Waals surface area contributed by atoms with E-state index < -0.39 is 0 Å². The normalized spacial score (nSPS) is 12.1. The van der Waals surface area contributed by atoms with E-state index in [2.05, 4.69) is 13.0 Å². The number of carbonyl (C=O) groups excluding carboxylic acids is 1. The van der Waals surface area contributed by atoms with Crippen molar-refractivity contribution in [2.75, 3.05) is 0 Å². The van der Waals surface area contributed by atoms with Gasteiger partial charge in [0.2, 0.25) is 0 Å². The highest BCUT2D eigenvalue weighted by Gasteiger charge is 2.14. The number of nitrogens with zero attached hydrogens (tertiary/aromatic N) is 1. The molecule has 0 aliphatic heterocycles. The molecule has 2 nitrogen and oxygen atoms in total. The average molecular weight is 223 g/mol. The standard InChI is InChI=1S/C14H25NO/c1-3-5-6-7-8-9-10-11-13(12-15)14(16)4-2/h13H,3-11H2,1-2H3. The summed E-state index contributed by atoms with van der Waals surface area (Å²) in [7, 11) is 0. The molecule has 0 saturated carbocycles. The van der Waals surface area contributed by atoms with Crippen molar-refractivity contribution in [3.05, 3.63) is 0 Å². The van der Waals surface area contributed by atoms with Crippen LogP contribution < -0.4 is 0 Å². The summed E-state index contributed by atoms with van der Waals surface area (Å²) in [6.07, 6.45) is 9.93. The van der Waals surface area contributed by atoms with Gasteiger partial charge >= 0.3 is 0 Å². The van der Waals surface area contributed by atoms with Gasteiger partial charge < -0.3 is 0 Å². The lowest BCUT2D eigenvalue weighted by Gasteiger charge is -2.06. The largest absolute Gasteiger partial charge is 0.298 e. The molecule has 0 fully saturated rings. The van der Waals surface area contributed by atoms with Gasteiger partial charge in [-0.15, -0.1) is 0 Å². The van der Waals surface area contributed by atoms with Crippen LogP contribution in [0.3, 0.4) is 0 Å². The number of Topliss-reactive ketones (excluding diaryl/α,β-unsaturated/α-hetero) is 1. The number of nitriles is 1. The van der Waals surface area contributed by atoms with Gasteiger partial charge in [-0.3, -0.25) is 4.79 Å². The van der Waals surface area contributed by atoms with Crippen molar-refractivity contribution < 1.29 is 4.79 Å². The van der Waals surface area contributed by atoms with Crippen molar-refractivity contribution in [3.63, 3.8) is 0 Å². The van der Waals surface area contributed by atoms with Crippen molar-refractivity contribution >= 4 is 5.78 Å². The molecule has 0 aliphatic carbocycles. The third kappa shape index (κ3) is 7.45. The third-order valence-electron chi connectivity index (χ3n) is 2.99. The Morgan fingerprint density at radius 1 is 1.06 bits per heavy atom. The zero-order chi connectivity index (χ0) is 12.2. The zero-order valence-corrected chi connectivity index (χ0v) is 10.8. The van der Waals surface area contributed by atoms with Gasteiger partial charge in [0.25, 0.3) is 0 Å². The van der Waals surface area contributed by atoms with Crippen LogP contribution in [0.5, 0.6) is 0 Å². The fourth-order valence-corrected chi connectivity index (χ4v) is 1.85. The minimum Gasteiger partial charge on any atom is -0.298 e. The van der Waals surface area contributed by atoms with Gasteiger partial charge in [-0.1, -0.05) is 58.8 Å². The quantitative estimate of drug-likeness (QED) is 0.519. The molecule has 1 unspecified atom stereocenters. The fourth-order valence-electron chi connectivity index (χ4n) is 1.85. The van der Waals surface area contributed by atoms with Crippen LogP contribution >= 0.6 is 0 Å². The predicted octanol–water partition coefficient (Wildman–Crippen LogP) is 4.25. The summed E-state index contributed by atoms with van der Waals surface area (Å²) in [5, 5.41) is 8.83. The molecular weight excluding hydrogens is 198 g/mol. The number of hydrogen-bond donors (Lipinski definition) is 0. The Morgan fingerprint density at radius 2 is 1.62 bits per heavy atom. The monoisotopic (exact) mass is 223 g/mol. The van der Waals surface area contributed by atoms with Gasteiger partial charge in [-0.2, -0.15) is 5.26 Å². The third-order valence-corrected chi connectivity index (χ3v) is 2.99. The van der Waals surface area contributed by atoms with Crippen LogP contribution in [0.2, 0.25) is 0 Å². The van der Waals surface area contributed by atoms with Gasteiger partial charge in [-0.05, 0) is 6.42 Å². The van der Waals surface area contributed by atoms with Crippen LogP contribution in [0.4, 0.5) is 0 Å². The summed E-state index contributed by atoms with van der Waals surface area (Å²) in [5.41, 5.74) is 0. The topological polar surface area (TPSA) is 40.9 Å². The van der Waals surface area contributed by atoms with Crippen LogP contribution in [0.15, 0.2) is 0 Å². The second-order valence-electron chi connectivity index (χ2n) is 4.41. The summed E-state index contributed by atoms with van der Waals surface area (Å²) in [6, 6.07) is 2.11. The van der Waals surface area contributed by atoms with Crippen molar-refractivity contribution in [1.82, 2.24) is 0 Å². The van der Waals surface area contributed by atoms with Gasteiger partial charge in [0, 0.05) is 6.42 Å². The van der Waals surface area contributed by atoms with E-state index in [0.29, 0.717) is 6.42 Å². The lowest BCUT2D eigenvalue weighted by Crippen LogP contribution is -2.10. The first-order valence-electron chi connectivity index (χ1n) is 6.68. The maximum Gasteiger partial charge on any atom is 0.149 e. The summed E-state index contributed by atoms with van der Waals surface area (Å²) in [5.74, 6) is -0.242. The highest BCUT2D eigenvalue weighted by atomic mass is 16.1. The Balaban J connectivity index is 3.43. The highest BCUT2D eigenvalue weighted by molar-refractivity contribution is 5.82. The van der Waals surface area contributed by atoms with E-state index in [1.54, 1.807) is 0 Å². The smallest absolute Gasteiger partial charge is 0.149 e. The molecule has 92 valence electrons. The lowest BCUT2D eigenvalue weighted by atomic mass is 9.96. The molecular formula is C14H25NO. The molecule has 0 aliphatic rings. The van der Waals surface area contributed by atoms with E-state index in [1.807, 2.05) is 6.92 Å². The molecule has 16 heavy (non-hydrogen) atoms.